The summed E-state index contributed by atoms with van der Waals surface area (Å²) in [6.45, 7) is 3.68. The lowest BCUT2D eigenvalue weighted by molar-refractivity contribution is -0.120. The summed E-state index contributed by atoms with van der Waals surface area (Å²) < 4.78 is 1.87. The average Bonchev–Trinajstić information content (AvgIpc) is 3.28. The van der Waals surface area contributed by atoms with Gasteiger partial charge in [-0.1, -0.05) is 79.3 Å². The van der Waals surface area contributed by atoms with E-state index in [9.17, 15) is 9.59 Å². The van der Waals surface area contributed by atoms with Crippen molar-refractivity contribution in [1.29, 1.82) is 0 Å². The van der Waals surface area contributed by atoms with Gasteiger partial charge in [-0.3, -0.25) is 9.59 Å². The van der Waals surface area contributed by atoms with Crippen molar-refractivity contribution in [2.75, 3.05) is 5.32 Å². The van der Waals surface area contributed by atoms with Crippen LogP contribution in [0.1, 0.15) is 37.4 Å². The van der Waals surface area contributed by atoms with Gasteiger partial charge in [0.05, 0.1) is 11.3 Å². The second-order valence-corrected chi connectivity index (χ2v) is 9.68. The Balaban J connectivity index is 1.46. The standard InChI is InChI=1S/C28H29N5O2S/c1-4-24(34)29-23-17-15-22(16-18-23)26-31-32-28(33(26)3)36-19(2)27(35)30-25(20-11-7-5-8-12-20)21-13-9-6-10-14-21/h5-19,25H,4H2,1-3H3,(H,29,34)(H,30,35). The molecule has 36 heavy (non-hydrogen) atoms. The molecule has 4 rings (SSSR count). The number of thioether (sulfide) groups is 1. The number of nitrogens with one attached hydrogen (secondary N) is 2. The summed E-state index contributed by atoms with van der Waals surface area (Å²) in [5, 5.41) is 15.0. The lowest BCUT2D eigenvalue weighted by Crippen LogP contribution is -2.35. The van der Waals surface area contributed by atoms with Crippen molar-refractivity contribution in [2.24, 2.45) is 7.05 Å². The maximum absolute atomic E-state index is 13.2. The first kappa shape index (κ1) is 25.2. The number of benzene rings is 3. The molecule has 1 unspecified atom stereocenters. The van der Waals surface area contributed by atoms with E-state index in [1.807, 2.05) is 110 Å². The Bertz CT molecular complexity index is 1270. The quantitative estimate of drug-likeness (QED) is 0.308. The van der Waals surface area contributed by atoms with Crippen molar-refractivity contribution >= 4 is 29.3 Å². The lowest BCUT2D eigenvalue weighted by atomic mass is 9.98. The van der Waals surface area contributed by atoms with Gasteiger partial charge in [-0.25, -0.2) is 0 Å². The molecule has 4 aromatic rings. The van der Waals surface area contributed by atoms with E-state index in [0.717, 1.165) is 22.4 Å². The van der Waals surface area contributed by atoms with Crippen LogP contribution in [0.15, 0.2) is 90.1 Å². The molecule has 8 heteroatoms. The van der Waals surface area contributed by atoms with Crippen LogP contribution in [-0.2, 0) is 16.6 Å². The minimum atomic E-state index is -0.387. The van der Waals surface area contributed by atoms with E-state index in [1.165, 1.54) is 11.8 Å². The maximum atomic E-state index is 13.2. The molecule has 3 aromatic carbocycles. The van der Waals surface area contributed by atoms with Crippen LogP contribution >= 0.6 is 11.8 Å². The van der Waals surface area contributed by atoms with Crippen LogP contribution in [0.2, 0.25) is 0 Å². The van der Waals surface area contributed by atoms with Crippen LogP contribution in [0.25, 0.3) is 11.4 Å². The molecule has 0 aliphatic rings. The predicted octanol–water partition coefficient (Wildman–Crippen LogP) is 5.22. The number of aromatic nitrogens is 3. The first-order valence-corrected chi connectivity index (χ1v) is 12.7. The van der Waals surface area contributed by atoms with Gasteiger partial charge in [0, 0.05) is 24.7 Å². The minimum absolute atomic E-state index is 0.0332. The third-order valence-corrected chi connectivity index (χ3v) is 6.92. The van der Waals surface area contributed by atoms with E-state index in [-0.39, 0.29) is 23.1 Å². The molecule has 0 bridgehead atoms. The van der Waals surface area contributed by atoms with E-state index >= 15 is 0 Å². The summed E-state index contributed by atoms with van der Waals surface area (Å²) in [6, 6.07) is 27.1. The van der Waals surface area contributed by atoms with Crippen LogP contribution in [0.3, 0.4) is 0 Å². The highest BCUT2D eigenvalue weighted by atomic mass is 32.2. The lowest BCUT2D eigenvalue weighted by Gasteiger charge is -2.22. The summed E-state index contributed by atoms with van der Waals surface area (Å²) in [7, 11) is 1.88. The summed E-state index contributed by atoms with van der Waals surface area (Å²) >= 11 is 1.36. The second kappa shape index (κ2) is 11.7. The van der Waals surface area contributed by atoms with Gasteiger partial charge in [0.1, 0.15) is 0 Å². The van der Waals surface area contributed by atoms with E-state index < -0.39 is 0 Å². The van der Waals surface area contributed by atoms with Crippen molar-refractivity contribution in [3.8, 4) is 11.4 Å². The Labute approximate surface area is 215 Å². The fraction of sp³-hybridized carbons (Fsp3) is 0.214. The molecule has 0 aliphatic heterocycles. The van der Waals surface area contributed by atoms with E-state index in [0.29, 0.717) is 17.4 Å². The number of hydrogen-bond acceptors (Lipinski definition) is 5. The van der Waals surface area contributed by atoms with Crippen LogP contribution in [-0.4, -0.2) is 31.8 Å². The summed E-state index contributed by atoms with van der Waals surface area (Å²) in [4.78, 5) is 24.8. The normalized spacial score (nSPS) is 11.8. The molecule has 1 heterocycles. The van der Waals surface area contributed by atoms with Crippen LogP contribution in [0.4, 0.5) is 5.69 Å². The zero-order valence-corrected chi connectivity index (χ0v) is 21.3. The number of carbonyl (C=O) groups is 2. The molecule has 0 spiro atoms. The van der Waals surface area contributed by atoms with Crippen LogP contribution < -0.4 is 10.6 Å². The second-order valence-electron chi connectivity index (χ2n) is 8.37. The monoisotopic (exact) mass is 499 g/mol. The Kier molecular flexibility index (Phi) is 8.17. The molecule has 7 nitrogen and oxygen atoms in total. The van der Waals surface area contributed by atoms with Gasteiger partial charge >= 0.3 is 0 Å². The molecule has 0 saturated heterocycles. The number of amides is 2. The van der Waals surface area contributed by atoms with E-state index in [2.05, 4.69) is 20.8 Å². The van der Waals surface area contributed by atoms with Gasteiger partial charge in [-0.05, 0) is 42.3 Å². The number of hydrogen-bond donors (Lipinski definition) is 2. The Morgan fingerprint density at radius 1 is 0.889 bits per heavy atom. The van der Waals surface area contributed by atoms with Crippen molar-refractivity contribution in [1.82, 2.24) is 20.1 Å². The number of anilines is 1. The molecule has 0 saturated carbocycles. The van der Waals surface area contributed by atoms with Gasteiger partial charge in [-0.15, -0.1) is 10.2 Å². The highest BCUT2D eigenvalue weighted by Crippen LogP contribution is 2.28. The average molecular weight is 500 g/mol. The Morgan fingerprint density at radius 3 is 2.03 bits per heavy atom. The summed E-state index contributed by atoms with van der Waals surface area (Å²) in [6.07, 6.45) is 0.425. The summed E-state index contributed by atoms with van der Waals surface area (Å²) in [5.41, 5.74) is 3.65. The van der Waals surface area contributed by atoms with Gasteiger partial charge in [-0.2, -0.15) is 0 Å². The van der Waals surface area contributed by atoms with Gasteiger partial charge in [0.15, 0.2) is 11.0 Å². The molecular weight excluding hydrogens is 470 g/mol. The number of nitrogens with zero attached hydrogens (tertiary/aromatic N) is 3. The van der Waals surface area contributed by atoms with Crippen LogP contribution in [0.5, 0.6) is 0 Å². The Hall–Kier alpha value is -3.91. The predicted molar refractivity (Wildman–Crippen MR) is 144 cm³/mol. The van der Waals surface area contributed by atoms with Gasteiger partial charge < -0.3 is 15.2 Å². The smallest absolute Gasteiger partial charge is 0.234 e. The topological polar surface area (TPSA) is 88.9 Å². The van der Waals surface area contributed by atoms with Crippen molar-refractivity contribution in [3.05, 3.63) is 96.1 Å². The molecule has 2 amide bonds. The molecule has 1 aromatic heterocycles. The van der Waals surface area contributed by atoms with Crippen LogP contribution in [0, 0.1) is 0 Å². The fourth-order valence-corrected chi connectivity index (χ4v) is 4.57. The third-order valence-electron chi connectivity index (χ3n) is 5.79. The zero-order chi connectivity index (χ0) is 25.5. The minimum Gasteiger partial charge on any atom is -0.344 e. The van der Waals surface area contributed by atoms with Crippen molar-refractivity contribution in [3.63, 3.8) is 0 Å². The molecule has 184 valence electrons. The molecule has 0 aliphatic carbocycles. The van der Waals surface area contributed by atoms with Gasteiger partial charge in [0.2, 0.25) is 11.8 Å². The molecule has 2 N–H and O–H groups in total. The van der Waals surface area contributed by atoms with E-state index in [4.69, 9.17) is 0 Å². The largest absolute Gasteiger partial charge is 0.344 e. The number of carbonyl (C=O) groups excluding carboxylic acids is 2. The zero-order valence-electron chi connectivity index (χ0n) is 20.5. The highest BCUT2D eigenvalue weighted by Gasteiger charge is 2.23. The van der Waals surface area contributed by atoms with Crippen molar-refractivity contribution < 1.29 is 9.59 Å². The third kappa shape index (κ3) is 6.01. The highest BCUT2D eigenvalue weighted by molar-refractivity contribution is 8.00. The molecule has 0 radical (unpaired) electrons. The Morgan fingerprint density at radius 2 is 1.47 bits per heavy atom. The fourth-order valence-electron chi connectivity index (χ4n) is 3.74. The first-order chi connectivity index (χ1) is 17.5. The number of rotatable bonds is 9. The maximum Gasteiger partial charge on any atom is 0.234 e. The molecular formula is C28H29N5O2S. The van der Waals surface area contributed by atoms with E-state index in [1.54, 1.807) is 0 Å². The van der Waals surface area contributed by atoms with Crippen molar-refractivity contribution in [2.45, 2.75) is 36.7 Å². The summed E-state index contributed by atoms with van der Waals surface area (Å²) in [5.74, 6) is 0.567. The van der Waals surface area contributed by atoms with Gasteiger partial charge in [0.25, 0.3) is 0 Å². The SMILES string of the molecule is CCC(=O)Nc1ccc(-c2nnc(SC(C)C(=O)NC(c3ccccc3)c3ccccc3)n2C)cc1. The molecule has 1 atom stereocenters. The first-order valence-electron chi connectivity index (χ1n) is 11.8. The molecule has 0 fully saturated rings.